The van der Waals surface area contributed by atoms with E-state index in [-0.39, 0.29) is 17.1 Å². The van der Waals surface area contributed by atoms with Crippen LogP contribution in [0, 0.1) is 10.1 Å². The van der Waals surface area contributed by atoms with Gasteiger partial charge in [0.25, 0.3) is 0 Å². The molecule has 0 spiro atoms. The molecule has 1 N–H and O–H groups in total. The molecule has 1 saturated carbocycles. The lowest BCUT2D eigenvalue weighted by molar-refractivity contribution is -0.391. The number of rotatable bonds is 5. The van der Waals surface area contributed by atoms with Crippen molar-refractivity contribution in [2.45, 2.75) is 37.0 Å². The number of nitrogens with one attached hydrogen (secondary N) is 1. The quantitative estimate of drug-likeness (QED) is 0.618. The molecular formula is C14H18N6O4S. The Bertz CT molecular complexity index is 915. The van der Waals surface area contributed by atoms with E-state index in [4.69, 9.17) is 0 Å². The molecule has 10 nitrogen and oxygen atoms in total. The summed E-state index contributed by atoms with van der Waals surface area (Å²) in [5.41, 5.74) is 0.405. The Balaban J connectivity index is 1.44. The summed E-state index contributed by atoms with van der Waals surface area (Å²) in [6.45, 7) is 0.980. The molecule has 1 aliphatic carbocycles. The van der Waals surface area contributed by atoms with E-state index in [1.165, 1.54) is 10.7 Å². The highest BCUT2D eigenvalue weighted by atomic mass is 32.2. The summed E-state index contributed by atoms with van der Waals surface area (Å²) >= 11 is 0. The number of imidazole rings is 1. The summed E-state index contributed by atoms with van der Waals surface area (Å²) < 4.78 is 27.3. The van der Waals surface area contributed by atoms with Gasteiger partial charge in [-0.2, -0.15) is 0 Å². The van der Waals surface area contributed by atoms with Crippen molar-refractivity contribution in [3.63, 3.8) is 0 Å². The highest BCUT2D eigenvalue weighted by molar-refractivity contribution is 7.90. The number of hydrogen-bond donors (Lipinski definition) is 1. The van der Waals surface area contributed by atoms with E-state index in [1.807, 2.05) is 0 Å². The minimum absolute atomic E-state index is 0.0816. The number of aromatic nitrogens is 3. The van der Waals surface area contributed by atoms with Crippen molar-refractivity contribution in [1.82, 2.24) is 18.9 Å². The van der Waals surface area contributed by atoms with Crippen LogP contribution in [-0.4, -0.2) is 56.6 Å². The first kappa shape index (κ1) is 16.2. The number of nitrogens with zero attached hydrogens (tertiary/aromatic N) is 5. The highest BCUT2D eigenvalue weighted by Crippen LogP contribution is 2.32. The zero-order valence-electron chi connectivity index (χ0n) is 13.4. The normalized spacial score (nSPS) is 20.0. The summed E-state index contributed by atoms with van der Waals surface area (Å²) in [6, 6.07) is 3.46. The van der Waals surface area contributed by atoms with Crippen molar-refractivity contribution in [1.29, 1.82) is 0 Å². The Morgan fingerprint density at radius 2 is 1.92 bits per heavy atom. The van der Waals surface area contributed by atoms with Gasteiger partial charge in [0.1, 0.15) is 6.20 Å². The minimum Gasteiger partial charge on any atom is -0.364 e. The van der Waals surface area contributed by atoms with Gasteiger partial charge < -0.3 is 15.4 Å². The standard InChI is InChI=1S/C14H18N6O4S/c21-20(22)14-9-15-13-4-3-12(17-19(13)14)16-10-5-7-18(8-6-10)25(23,24)11-1-2-11/h3-4,9-11H,1-2,5-8H2,(H,16,17). The first-order chi connectivity index (χ1) is 11.9. The third-order valence-electron chi connectivity index (χ3n) is 4.64. The Kier molecular flexibility index (Phi) is 3.84. The van der Waals surface area contributed by atoms with Crippen LogP contribution in [-0.2, 0) is 10.0 Å². The number of anilines is 1. The summed E-state index contributed by atoms with van der Waals surface area (Å²) in [7, 11) is -3.12. The van der Waals surface area contributed by atoms with Crippen molar-refractivity contribution in [3.05, 3.63) is 28.4 Å². The van der Waals surface area contributed by atoms with Crippen molar-refractivity contribution >= 4 is 27.3 Å². The fraction of sp³-hybridized carbons (Fsp3) is 0.571. The van der Waals surface area contributed by atoms with Gasteiger partial charge in [0.15, 0.2) is 5.82 Å². The molecule has 0 unspecified atom stereocenters. The van der Waals surface area contributed by atoms with E-state index in [0.29, 0.717) is 37.4 Å². The topological polar surface area (TPSA) is 123 Å². The maximum Gasteiger partial charge on any atom is 0.368 e. The molecule has 0 radical (unpaired) electrons. The van der Waals surface area contributed by atoms with E-state index in [2.05, 4.69) is 15.4 Å². The lowest BCUT2D eigenvalue weighted by atomic mass is 10.1. The third-order valence-corrected chi connectivity index (χ3v) is 7.04. The molecule has 2 aliphatic rings. The van der Waals surface area contributed by atoms with Gasteiger partial charge in [-0.05, 0) is 36.7 Å². The van der Waals surface area contributed by atoms with Crippen LogP contribution in [0.1, 0.15) is 25.7 Å². The molecule has 11 heteroatoms. The van der Waals surface area contributed by atoms with Crippen LogP contribution in [0.25, 0.3) is 5.65 Å². The fourth-order valence-electron chi connectivity index (χ4n) is 3.10. The van der Waals surface area contributed by atoms with E-state index < -0.39 is 14.9 Å². The van der Waals surface area contributed by atoms with Crippen molar-refractivity contribution in [3.8, 4) is 0 Å². The van der Waals surface area contributed by atoms with Crippen LogP contribution in [0.2, 0.25) is 0 Å². The van der Waals surface area contributed by atoms with Gasteiger partial charge in [-0.3, -0.25) is 0 Å². The van der Waals surface area contributed by atoms with Crippen LogP contribution < -0.4 is 5.32 Å². The zero-order chi connectivity index (χ0) is 17.6. The second-order valence-electron chi connectivity index (χ2n) is 6.42. The van der Waals surface area contributed by atoms with Crippen LogP contribution in [0.3, 0.4) is 0 Å². The molecule has 1 saturated heterocycles. The molecule has 0 aromatic carbocycles. The molecule has 2 aromatic rings. The van der Waals surface area contributed by atoms with Crippen LogP contribution in [0.5, 0.6) is 0 Å². The summed E-state index contributed by atoms with van der Waals surface area (Å²) in [5, 5.41) is 18.3. The smallest absolute Gasteiger partial charge is 0.364 e. The van der Waals surface area contributed by atoms with Gasteiger partial charge >= 0.3 is 5.82 Å². The van der Waals surface area contributed by atoms with Gasteiger partial charge in [0.05, 0.1) is 5.25 Å². The van der Waals surface area contributed by atoms with E-state index in [1.54, 1.807) is 16.4 Å². The Morgan fingerprint density at radius 3 is 2.56 bits per heavy atom. The zero-order valence-corrected chi connectivity index (χ0v) is 14.2. The number of fused-ring (bicyclic) bond motifs is 1. The van der Waals surface area contributed by atoms with Crippen LogP contribution in [0.4, 0.5) is 11.6 Å². The van der Waals surface area contributed by atoms with Gasteiger partial charge in [-0.1, -0.05) is 9.61 Å². The number of sulfonamides is 1. The first-order valence-corrected chi connectivity index (χ1v) is 9.70. The van der Waals surface area contributed by atoms with E-state index >= 15 is 0 Å². The number of nitro groups is 1. The Labute approximate surface area is 144 Å². The lowest BCUT2D eigenvalue weighted by Crippen LogP contribution is -2.43. The SMILES string of the molecule is O=[N+]([O-])c1cnc2ccc(NC3CCN(S(=O)(=O)C4CC4)CC3)nn12. The van der Waals surface area contributed by atoms with Crippen LogP contribution in [0.15, 0.2) is 18.3 Å². The van der Waals surface area contributed by atoms with Crippen molar-refractivity contribution < 1.29 is 13.3 Å². The van der Waals surface area contributed by atoms with Gasteiger partial charge in [0, 0.05) is 25.2 Å². The first-order valence-electron chi connectivity index (χ1n) is 8.20. The second kappa shape index (κ2) is 5.92. The highest BCUT2D eigenvalue weighted by Gasteiger charge is 2.41. The molecule has 4 rings (SSSR count). The van der Waals surface area contributed by atoms with E-state index in [0.717, 1.165) is 12.8 Å². The fourth-order valence-corrected chi connectivity index (χ4v) is 4.98. The average Bonchev–Trinajstić information content (AvgIpc) is 3.36. The maximum absolute atomic E-state index is 12.3. The molecule has 1 aliphatic heterocycles. The van der Waals surface area contributed by atoms with Crippen LogP contribution >= 0.6 is 0 Å². The molecule has 3 heterocycles. The van der Waals surface area contributed by atoms with E-state index in [9.17, 15) is 18.5 Å². The molecule has 2 aromatic heterocycles. The molecule has 25 heavy (non-hydrogen) atoms. The van der Waals surface area contributed by atoms with Gasteiger partial charge in [-0.25, -0.2) is 17.7 Å². The number of piperidine rings is 1. The minimum atomic E-state index is -3.12. The maximum atomic E-state index is 12.3. The van der Waals surface area contributed by atoms with Gasteiger partial charge in [0.2, 0.25) is 15.7 Å². The predicted octanol–water partition coefficient (Wildman–Crippen LogP) is 1.01. The van der Waals surface area contributed by atoms with Gasteiger partial charge in [-0.15, -0.1) is 0 Å². The summed E-state index contributed by atoms with van der Waals surface area (Å²) in [6.07, 6.45) is 4.07. The second-order valence-corrected chi connectivity index (χ2v) is 8.64. The molecular weight excluding hydrogens is 348 g/mol. The third kappa shape index (κ3) is 3.04. The Morgan fingerprint density at radius 1 is 1.20 bits per heavy atom. The molecule has 134 valence electrons. The molecule has 0 amide bonds. The Hall–Kier alpha value is -2.27. The predicted molar refractivity (Wildman–Crippen MR) is 89.8 cm³/mol. The monoisotopic (exact) mass is 366 g/mol. The van der Waals surface area contributed by atoms with Crippen molar-refractivity contribution in [2.75, 3.05) is 18.4 Å². The largest absolute Gasteiger partial charge is 0.368 e. The average molecular weight is 366 g/mol. The molecule has 0 bridgehead atoms. The number of hydrogen-bond acceptors (Lipinski definition) is 7. The molecule has 2 fully saturated rings. The summed E-state index contributed by atoms with van der Waals surface area (Å²) in [5.74, 6) is 0.320. The summed E-state index contributed by atoms with van der Waals surface area (Å²) in [4.78, 5) is 14.4. The molecule has 0 atom stereocenters. The van der Waals surface area contributed by atoms with Crippen molar-refractivity contribution in [2.24, 2.45) is 0 Å². The lowest BCUT2D eigenvalue weighted by Gasteiger charge is -2.31.